The molecule has 2 rings (SSSR count). The van der Waals surface area contributed by atoms with Crippen molar-refractivity contribution in [3.05, 3.63) is 29.2 Å². The zero-order valence-electron chi connectivity index (χ0n) is 6.98. The van der Waals surface area contributed by atoms with Crippen LogP contribution in [0.25, 0.3) is 0 Å². The molecule has 2 amide bonds. The second-order valence-electron chi connectivity index (χ2n) is 2.81. The Morgan fingerprint density at radius 3 is 2.31 bits per heavy atom. The van der Waals surface area contributed by atoms with Gasteiger partial charge in [0.1, 0.15) is 5.00 Å². The van der Waals surface area contributed by atoms with Crippen molar-refractivity contribution in [2.45, 2.75) is 6.92 Å². The van der Waals surface area contributed by atoms with Gasteiger partial charge in [-0.15, -0.1) is 11.3 Å². The van der Waals surface area contributed by atoms with E-state index >= 15 is 0 Å². The van der Waals surface area contributed by atoms with Crippen molar-refractivity contribution in [2.24, 2.45) is 0 Å². The van der Waals surface area contributed by atoms with Crippen LogP contribution in [0.2, 0.25) is 0 Å². The molecule has 66 valence electrons. The predicted molar refractivity (Wildman–Crippen MR) is 50.7 cm³/mol. The maximum absolute atomic E-state index is 11.2. The molecule has 0 saturated heterocycles. The number of thiophene rings is 1. The summed E-state index contributed by atoms with van der Waals surface area (Å²) in [7, 11) is 0. The number of hydrogen-bond donors (Lipinski definition) is 0. The van der Waals surface area contributed by atoms with Crippen LogP contribution in [0.4, 0.5) is 5.00 Å². The standard InChI is InChI=1S/C9H7NO2S/c1-6-4-9(13-5-6)10-7(11)2-3-8(10)12/h2-5H,1H3. The zero-order chi connectivity index (χ0) is 9.42. The molecular formula is C9H7NO2S. The molecule has 2 heterocycles. The first-order valence-corrected chi connectivity index (χ1v) is 4.68. The van der Waals surface area contributed by atoms with Gasteiger partial charge < -0.3 is 0 Å². The van der Waals surface area contributed by atoms with Crippen molar-refractivity contribution in [1.29, 1.82) is 0 Å². The summed E-state index contributed by atoms with van der Waals surface area (Å²) in [5.41, 5.74) is 1.06. The fraction of sp³-hybridized carbons (Fsp3) is 0.111. The van der Waals surface area contributed by atoms with Gasteiger partial charge in [0.05, 0.1) is 0 Å². The first kappa shape index (κ1) is 8.19. The number of carbonyl (C=O) groups excluding carboxylic acids is 2. The van der Waals surface area contributed by atoms with Gasteiger partial charge in [-0.2, -0.15) is 0 Å². The lowest BCUT2D eigenvalue weighted by Gasteiger charge is -2.09. The van der Waals surface area contributed by atoms with E-state index in [1.807, 2.05) is 18.4 Å². The van der Waals surface area contributed by atoms with E-state index in [1.54, 1.807) is 0 Å². The van der Waals surface area contributed by atoms with Crippen molar-refractivity contribution in [3.8, 4) is 0 Å². The van der Waals surface area contributed by atoms with E-state index in [-0.39, 0.29) is 11.8 Å². The summed E-state index contributed by atoms with van der Waals surface area (Å²) in [5, 5.41) is 2.60. The average molecular weight is 193 g/mol. The normalized spacial score (nSPS) is 15.9. The Labute approximate surface area is 79.3 Å². The molecule has 0 fully saturated rings. The van der Waals surface area contributed by atoms with Crippen LogP contribution in [-0.4, -0.2) is 11.8 Å². The van der Waals surface area contributed by atoms with E-state index in [2.05, 4.69) is 0 Å². The van der Waals surface area contributed by atoms with Crippen LogP contribution < -0.4 is 4.90 Å². The van der Waals surface area contributed by atoms with E-state index in [1.165, 1.54) is 28.4 Å². The molecule has 0 aliphatic carbocycles. The van der Waals surface area contributed by atoms with Gasteiger partial charge in [-0.1, -0.05) is 0 Å². The molecule has 1 aliphatic heterocycles. The van der Waals surface area contributed by atoms with E-state index < -0.39 is 0 Å². The first-order valence-electron chi connectivity index (χ1n) is 3.80. The SMILES string of the molecule is Cc1csc(N2C(=O)C=CC2=O)c1. The third-order valence-corrected chi connectivity index (χ3v) is 2.78. The highest BCUT2D eigenvalue weighted by Crippen LogP contribution is 2.26. The van der Waals surface area contributed by atoms with E-state index in [9.17, 15) is 9.59 Å². The van der Waals surface area contributed by atoms with Gasteiger partial charge in [-0.25, -0.2) is 4.90 Å². The lowest BCUT2D eigenvalue weighted by atomic mass is 10.4. The molecule has 1 aliphatic rings. The van der Waals surface area contributed by atoms with E-state index in [0.29, 0.717) is 5.00 Å². The Morgan fingerprint density at radius 2 is 1.85 bits per heavy atom. The maximum Gasteiger partial charge on any atom is 0.258 e. The lowest BCUT2D eigenvalue weighted by molar-refractivity contribution is -0.119. The fourth-order valence-electron chi connectivity index (χ4n) is 1.15. The van der Waals surface area contributed by atoms with Crippen molar-refractivity contribution in [2.75, 3.05) is 4.90 Å². The van der Waals surface area contributed by atoms with E-state index in [0.717, 1.165) is 5.56 Å². The highest BCUT2D eigenvalue weighted by atomic mass is 32.1. The van der Waals surface area contributed by atoms with Crippen molar-refractivity contribution in [1.82, 2.24) is 0 Å². The van der Waals surface area contributed by atoms with Crippen molar-refractivity contribution in [3.63, 3.8) is 0 Å². The van der Waals surface area contributed by atoms with Crippen LogP contribution in [0.15, 0.2) is 23.6 Å². The highest BCUT2D eigenvalue weighted by Gasteiger charge is 2.25. The molecule has 0 spiro atoms. The van der Waals surface area contributed by atoms with Gasteiger partial charge in [0.2, 0.25) is 0 Å². The Bertz CT molecular complexity index is 388. The largest absolute Gasteiger partial charge is 0.269 e. The molecule has 1 aromatic heterocycles. The first-order chi connectivity index (χ1) is 6.18. The number of hydrogen-bond acceptors (Lipinski definition) is 3. The maximum atomic E-state index is 11.2. The summed E-state index contributed by atoms with van der Waals surface area (Å²) in [4.78, 5) is 23.6. The highest BCUT2D eigenvalue weighted by molar-refractivity contribution is 7.14. The monoisotopic (exact) mass is 193 g/mol. The zero-order valence-corrected chi connectivity index (χ0v) is 7.80. The Hall–Kier alpha value is -1.42. The summed E-state index contributed by atoms with van der Waals surface area (Å²) in [6, 6.07) is 1.83. The smallest absolute Gasteiger partial charge is 0.258 e. The molecule has 0 saturated carbocycles. The second kappa shape index (κ2) is 2.81. The molecule has 13 heavy (non-hydrogen) atoms. The predicted octanol–water partition coefficient (Wildman–Crippen LogP) is 1.49. The number of amides is 2. The van der Waals surface area contributed by atoms with Gasteiger partial charge in [0.25, 0.3) is 11.8 Å². The Kier molecular flexibility index (Phi) is 1.77. The third-order valence-electron chi connectivity index (χ3n) is 1.75. The fourth-order valence-corrected chi connectivity index (χ4v) is 2.06. The Morgan fingerprint density at radius 1 is 1.23 bits per heavy atom. The molecule has 3 nitrogen and oxygen atoms in total. The topological polar surface area (TPSA) is 37.4 Å². The van der Waals surface area contributed by atoms with Gasteiger partial charge in [0, 0.05) is 12.2 Å². The molecule has 0 unspecified atom stereocenters. The van der Waals surface area contributed by atoms with E-state index in [4.69, 9.17) is 0 Å². The van der Waals surface area contributed by atoms with Gasteiger partial charge in [-0.3, -0.25) is 9.59 Å². The molecule has 0 N–H and O–H groups in total. The summed E-state index contributed by atoms with van der Waals surface area (Å²) in [5.74, 6) is -0.515. The molecule has 0 radical (unpaired) electrons. The van der Waals surface area contributed by atoms with Crippen LogP contribution in [0, 0.1) is 6.92 Å². The summed E-state index contributed by atoms with van der Waals surface area (Å²) in [6.07, 6.45) is 2.58. The number of anilines is 1. The summed E-state index contributed by atoms with van der Waals surface area (Å²) >= 11 is 1.40. The van der Waals surface area contributed by atoms with Crippen LogP contribution in [0.1, 0.15) is 5.56 Å². The minimum absolute atomic E-state index is 0.258. The summed E-state index contributed by atoms with van der Waals surface area (Å²) < 4.78 is 0. The number of nitrogens with zero attached hydrogens (tertiary/aromatic N) is 1. The molecule has 0 bridgehead atoms. The van der Waals surface area contributed by atoms with Crippen molar-refractivity contribution >= 4 is 28.2 Å². The number of aryl methyl sites for hydroxylation is 1. The average Bonchev–Trinajstić information content (AvgIpc) is 2.60. The lowest BCUT2D eigenvalue weighted by Crippen LogP contribution is -2.28. The van der Waals surface area contributed by atoms with Crippen LogP contribution in [0.5, 0.6) is 0 Å². The summed E-state index contributed by atoms with van der Waals surface area (Å²) in [6.45, 7) is 1.93. The Balaban J connectivity index is 2.37. The minimum Gasteiger partial charge on any atom is -0.269 e. The molecule has 1 aromatic rings. The molecule has 4 heteroatoms. The number of imide groups is 1. The van der Waals surface area contributed by atoms with Crippen LogP contribution in [0.3, 0.4) is 0 Å². The van der Waals surface area contributed by atoms with Crippen molar-refractivity contribution < 1.29 is 9.59 Å². The van der Waals surface area contributed by atoms with Crippen LogP contribution in [-0.2, 0) is 9.59 Å². The van der Waals surface area contributed by atoms with Crippen LogP contribution >= 0.6 is 11.3 Å². The second-order valence-corrected chi connectivity index (χ2v) is 3.70. The molecular weight excluding hydrogens is 186 g/mol. The number of carbonyl (C=O) groups is 2. The molecule has 0 aromatic carbocycles. The molecule has 0 atom stereocenters. The number of rotatable bonds is 1. The van der Waals surface area contributed by atoms with Gasteiger partial charge >= 0.3 is 0 Å². The van der Waals surface area contributed by atoms with Gasteiger partial charge in [0.15, 0.2) is 0 Å². The minimum atomic E-state index is -0.258. The van der Waals surface area contributed by atoms with Gasteiger partial charge in [-0.05, 0) is 23.9 Å². The third kappa shape index (κ3) is 1.29. The quantitative estimate of drug-likeness (QED) is 0.633.